The maximum Gasteiger partial charge on any atom is 0.251 e. The van der Waals surface area contributed by atoms with Gasteiger partial charge in [0.05, 0.1) is 25.3 Å². The molecule has 0 saturated carbocycles. The molecule has 2 heterocycles. The van der Waals surface area contributed by atoms with Crippen LogP contribution in [-0.4, -0.2) is 49.6 Å². The van der Waals surface area contributed by atoms with E-state index in [-0.39, 0.29) is 5.91 Å². The molecule has 1 aromatic rings. The molecular weight excluding hydrogens is 314 g/mol. The molecule has 0 bridgehead atoms. The van der Waals surface area contributed by atoms with Gasteiger partial charge >= 0.3 is 0 Å². The maximum atomic E-state index is 12.3. The largest absolute Gasteiger partial charge is 0.379 e. The average molecular weight is 337 g/mol. The molecule has 1 atom stereocenters. The van der Waals surface area contributed by atoms with Crippen LogP contribution in [0.5, 0.6) is 0 Å². The number of primary amides is 1. The lowest BCUT2D eigenvalue weighted by Crippen LogP contribution is -2.41. The Balaban J connectivity index is 1.74. The van der Waals surface area contributed by atoms with Crippen LogP contribution in [-0.2, 0) is 22.4 Å². The summed E-state index contributed by atoms with van der Waals surface area (Å²) < 4.78 is 5.28. The average Bonchev–Trinajstić information content (AvgIpc) is 2.84. The van der Waals surface area contributed by atoms with Crippen molar-refractivity contribution in [2.24, 2.45) is 11.7 Å². The Bertz CT molecular complexity index is 608. The molecule has 7 heteroatoms. The maximum absolute atomic E-state index is 12.3. The molecule has 0 aromatic carbocycles. The fraction of sp³-hybridized carbons (Fsp3) is 0.625. The summed E-state index contributed by atoms with van der Waals surface area (Å²) in [5.41, 5.74) is 7.13. The van der Waals surface area contributed by atoms with Crippen molar-refractivity contribution in [3.05, 3.63) is 16.0 Å². The van der Waals surface area contributed by atoms with Crippen molar-refractivity contribution >= 4 is 28.2 Å². The van der Waals surface area contributed by atoms with Crippen LogP contribution in [0.15, 0.2) is 0 Å². The SMILES string of the molecule is CC1CCc2c(sc(NC(=O)CN3CCOCC3)c2C(N)=O)C1. The number of nitrogens with zero attached hydrogens (tertiary/aromatic N) is 1. The van der Waals surface area contributed by atoms with Gasteiger partial charge in [-0.1, -0.05) is 6.92 Å². The lowest BCUT2D eigenvalue weighted by atomic mass is 9.88. The molecule has 2 aliphatic rings. The van der Waals surface area contributed by atoms with E-state index in [0.29, 0.717) is 36.2 Å². The van der Waals surface area contributed by atoms with Crippen molar-refractivity contribution in [1.82, 2.24) is 4.90 Å². The smallest absolute Gasteiger partial charge is 0.251 e. The minimum atomic E-state index is -0.446. The van der Waals surface area contributed by atoms with Crippen molar-refractivity contribution in [1.29, 1.82) is 0 Å². The van der Waals surface area contributed by atoms with E-state index >= 15 is 0 Å². The highest BCUT2D eigenvalue weighted by molar-refractivity contribution is 7.17. The standard InChI is InChI=1S/C16H23N3O3S/c1-10-2-3-11-12(8-10)23-16(14(11)15(17)21)18-13(20)9-19-4-6-22-7-5-19/h10H,2-9H2,1H3,(H2,17,21)(H,18,20). The van der Waals surface area contributed by atoms with Crippen LogP contribution < -0.4 is 11.1 Å². The van der Waals surface area contributed by atoms with Gasteiger partial charge in [-0.05, 0) is 30.7 Å². The van der Waals surface area contributed by atoms with Gasteiger partial charge in [-0.15, -0.1) is 11.3 Å². The number of anilines is 1. The summed E-state index contributed by atoms with van der Waals surface area (Å²) in [6.07, 6.45) is 2.88. The number of fused-ring (bicyclic) bond motifs is 1. The molecule has 0 spiro atoms. The molecule has 1 saturated heterocycles. The first kappa shape index (κ1) is 16.4. The highest BCUT2D eigenvalue weighted by Gasteiger charge is 2.27. The van der Waals surface area contributed by atoms with E-state index in [9.17, 15) is 9.59 Å². The Hall–Kier alpha value is -1.44. The molecule has 1 aliphatic carbocycles. The van der Waals surface area contributed by atoms with Crippen molar-refractivity contribution in [3.63, 3.8) is 0 Å². The molecule has 1 aromatic heterocycles. The Kier molecular flexibility index (Phi) is 4.99. The van der Waals surface area contributed by atoms with E-state index in [1.165, 1.54) is 16.2 Å². The highest BCUT2D eigenvalue weighted by Crippen LogP contribution is 2.39. The predicted octanol–water partition coefficient (Wildman–Crippen LogP) is 1.24. The second kappa shape index (κ2) is 6.98. The second-order valence-corrected chi connectivity index (χ2v) is 7.46. The second-order valence-electron chi connectivity index (χ2n) is 6.36. The number of thiophene rings is 1. The third kappa shape index (κ3) is 3.73. The number of morpholine rings is 1. The lowest BCUT2D eigenvalue weighted by molar-refractivity contribution is -0.118. The highest BCUT2D eigenvalue weighted by atomic mass is 32.1. The third-order valence-corrected chi connectivity index (χ3v) is 5.65. The van der Waals surface area contributed by atoms with E-state index in [0.717, 1.165) is 37.9 Å². The summed E-state index contributed by atoms with van der Waals surface area (Å²) in [6.45, 7) is 5.36. The minimum absolute atomic E-state index is 0.0963. The van der Waals surface area contributed by atoms with Crippen LogP contribution in [0.25, 0.3) is 0 Å². The first-order chi connectivity index (χ1) is 11.0. The van der Waals surface area contributed by atoms with Crippen molar-refractivity contribution in [3.8, 4) is 0 Å². The van der Waals surface area contributed by atoms with Crippen LogP contribution in [0, 0.1) is 5.92 Å². The number of hydrogen-bond acceptors (Lipinski definition) is 5. The Morgan fingerprint density at radius 1 is 1.39 bits per heavy atom. The van der Waals surface area contributed by atoms with Gasteiger partial charge < -0.3 is 15.8 Å². The number of carbonyl (C=O) groups excluding carboxylic acids is 2. The lowest BCUT2D eigenvalue weighted by Gasteiger charge is -2.25. The van der Waals surface area contributed by atoms with E-state index < -0.39 is 5.91 Å². The molecule has 1 unspecified atom stereocenters. The number of rotatable bonds is 4. The molecule has 23 heavy (non-hydrogen) atoms. The van der Waals surface area contributed by atoms with Gasteiger partial charge in [-0.25, -0.2) is 0 Å². The zero-order valence-electron chi connectivity index (χ0n) is 13.4. The molecule has 0 radical (unpaired) electrons. The molecule has 1 fully saturated rings. The topological polar surface area (TPSA) is 84.7 Å². The number of hydrogen-bond donors (Lipinski definition) is 2. The monoisotopic (exact) mass is 337 g/mol. The van der Waals surface area contributed by atoms with Crippen molar-refractivity contribution in [2.45, 2.75) is 26.2 Å². The molecule has 3 rings (SSSR count). The van der Waals surface area contributed by atoms with Gasteiger partial charge in [0.25, 0.3) is 5.91 Å². The number of carbonyl (C=O) groups is 2. The fourth-order valence-electron chi connectivity index (χ4n) is 3.23. The summed E-state index contributed by atoms with van der Waals surface area (Å²) in [6, 6.07) is 0. The predicted molar refractivity (Wildman–Crippen MR) is 89.9 cm³/mol. The minimum Gasteiger partial charge on any atom is -0.379 e. The summed E-state index contributed by atoms with van der Waals surface area (Å²) in [7, 11) is 0. The molecular formula is C16H23N3O3S. The first-order valence-corrected chi connectivity index (χ1v) is 8.90. The molecule has 126 valence electrons. The van der Waals surface area contributed by atoms with Gasteiger partial charge in [0.2, 0.25) is 5.91 Å². The summed E-state index contributed by atoms with van der Waals surface area (Å²) in [5, 5.41) is 3.53. The van der Waals surface area contributed by atoms with Gasteiger partial charge in [0.15, 0.2) is 0 Å². The normalized spacial score (nSPS) is 21.7. The van der Waals surface area contributed by atoms with E-state index in [1.807, 2.05) is 0 Å². The van der Waals surface area contributed by atoms with Gasteiger partial charge in [0.1, 0.15) is 5.00 Å². The van der Waals surface area contributed by atoms with Crippen LogP contribution in [0.4, 0.5) is 5.00 Å². The van der Waals surface area contributed by atoms with Crippen LogP contribution in [0.2, 0.25) is 0 Å². The Morgan fingerprint density at radius 2 is 2.13 bits per heavy atom. The van der Waals surface area contributed by atoms with Crippen LogP contribution in [0.3, 0.4) is 0 Å². The third-order valence-electron chi connectivity index (χ3n) is 4.48. The Morgan fingerprint density at radius 3 is 2.83 bits per heavy atom. The van der Waals surface area contributed by atoms with Crippen molar-refractivity contribution in [2.75, 3.05) is 38.2 Å². The van der Waals surface area contributed by atoms with Gasteiger partial charge in [0, 0.05) is 18.0 Å². The van der Waals surface area contributed by atoms with Crippen LogP contribution in [0.1, 0.15) is 34.1 Å². The van der Waals surface area contributed by atoms with Crippen molar-refractivity contribution < 1.29 is 14.3 Å². The molecule has 2 amide bonds. The zero-order valence-corrected chi connectivity index (χ0v) is 14.2. The van der Waals surface area contributed by atoms with E-state index in [2.05, 4.69) is 17.1 Å². The van der Waals surface area contributed by atoms with Gasteiger partial charge in [-0.3, -0.25) is 14.5 Å². The van der Waals surface area contributed by atoms with E-state index in [4.69, 9.17) is 10.5 Å². The number of amides is 2. The zero-order chi connectivity index (χ0) is 16.4. The molecule has 1 aliphatic heterocycles. The fourth-order valence-corrected chi connectivity index (χ4v) is 4.66. The van der Waals surface area contributed by atoms with E-state index in [1.54, 1.807) is 0 Å². The molecule has 6 nitrogen and oxygen atoms in total. The number of ether oxygens (including phenoxy) is 1. The number of nitrogens with two attached hydrogens (primary N) is 1. The summed E-state index contributed by atoms with van der Waals surface area (Å²) in [5.74, 6) is 0.0681. The quantitative estimate of drug-likeness (QED) is 0.866. The van der Waals surface area contributed by atoms with Crippen LogP contribution >= 0.6 is 11.3 Å². The Labute approximate surface area is 140 Å². The number of nitrogens with one attached hydrogen (secondary N) is 1. The summed E-state index contributed by atoms with van der Waals surface area (Å²) in [4.78, 5) is 27.4. The summed E-state index contributed by atoms with van der Waals surface area (Å²) >= 11 is 1.51. The first-order valence-electron chi connectivity index (χ1n) is 8.09. The molecule has 3 N–H and O–H groups in total. The van der Waals surface area contributed by atoms with Gasteiger partial charge in [-0.2, -0.15) is 0 Å².